The highest BCUT2D eigenvalue weighted by molar-refractivity contribution is 6.35. The van der Waals surface area contributed by atoms with Crippen molar-refractivity contribution in [3.05, 3.63) is 35.2 Å². The number of aromatic hydroxyl groups is 1. The largest absolute Gasteiger partial charge is 0.505 e. The molecule has 0 aliphatic carbocycles. The number of hydrogen-bond donors (Lipinski definition) is 1. The zero-order valence-corrected chi connectivity index (χ0v) is 7.22. The first kappa shape index (κ1) is 8.26. The van der Waals surface area contributed by atoms with Crippen molar-refractivity contribution >= 4 is 22.5 Å². The summed E-state index contributed by atoms with van der Waals surface area (Å²) in [6.07, 6.45) is 1.49. The van der Waals surface area contributed by atoms with Crippen LogP contribution in [0.25, 0.3) is 10.9 Å². The predicted molar refractivity (Wildman–Crippen MR) is 48.4 cm³/mol. The summed E-state index contributed by atoms with van der Waals surface area (Å²) < 4.78 is 12.8. The summed E-state index contributed by atoms with van der Waals surface area (Å²) in [7, 11) is 0. The summed E-state index contributed by atoms with van der Waals surface area (Å²) in [4.78, 5) is 3.91. The number of phenols is 1. The molecule has 66 valence electrons. The van der Waals surface area contributed by atoms with Gasteiger partial charge in [-0.2, -0.15) is 0 Å². The number of nitrogens with zero attached hydrogens (tertiary/aromatic N) is 1. The van der Waals surface area contributed by atoms with Crippen molar-refractivity contribution in [3.63, 3.8) is 0 Å². The topological polar surface area (TPSA) is 33.1 Å². The van der Waals surface area contributed by atoms with Gasteiger partial charge in [0.1, 0.15) is 0 Å². The molecule has 2 rings (SSSR count). The Balaban J connectivity index is 2.89. The fraction of sp³-hybridized carbons (Fsp3) is 0. The predicted octanol–water partition coefficient (Wildman–Crippen LogP) is 2.73. The third-order valence-corrected chi connectivity index (χ3v) is 2.09. The van der Waals surface area contributed by atoms with Gasteiger partial charge in [0.25, 0.3) is 0 Å². The van der Waals surface area contributed by atoms with Crippen molar-refractivity contribution in [3.8, 4) is 5.75 Å². The van der Waals surface area contributed by atoms with Gasteiger partial charge in [-0.05, 0) is 12.1 Å². The molecule has 0 saturated heterocycles. The van der Waals surface area contributed by atoms with Crippen molar-refractivity contribution < 1.29 is 9.50 Å². The van der Waals surface area contributed by atoms with E-state index >= 15 is 0 Å². The van der Waals surface area contributed by atoms with Crippen LogP contribution in [0.15, 0.2) is 24.4 Å². The maximum Gasteiger partial charge on any atom is 0.166 e. The van der Waals surface area contributed by atoms with E-state index in [1.165, 1.54) is 12.3 Å². The number of fused-ring (bicyclic) bond motifs is 1. The van der Waals surface area contributed by atoms with Crippen LogP contribution in [0.3, 0.4) is 0 Å². The van der Waals surface area contributed by atoms with Crippen molar-refractivity contribution in [2.24, 2.45) is 0 Å². The number of pyridine rings is 1. The molecule has 13 heavy (non-hydrogen) atoms. The Morgan fingerprint density at radius 2 is 2.15 bits per heavy atom. The summed E-state index contributed by atoms with van der Waals surface area (Å²) in [5, 5.41) is 10.1. The fourth-order valence-corrected chi connectivity index (χ4v) is 1.33. The highest BCUT2D eigenvalue weighted by Gasteiger charge is 2.05. The van der Waals surface area contributed by atoms with Gasteiger partial charge in [-0.15, -0.1) is 0 Å². The van der Waals surface area contributed by atoms with Crippen LogP contribution in [0.5, 0.6) is 5.75 Å². The Hall–Kier alpha value is -1.35. The lowest BCUT2D eigenvalue weighted by atomic mass is 10.2. The van der Waals surface area contributed by atoms with Crippen molar-refractivity contribution in [2.45, 2.75) is 0 Å². The average molecular weight is 198 g/mol. The average Bonchev–Trinajstić information content (AvgIpc) is 2.09. The lowest BCUT2D eigenvalue weighted by molar-refractivity contribution is 0.433. The van der Waals surface area contributed by atoms with E-state index in [-0.39, 0.29) is 0 Å². The maximum atomic E-state index is 12.8. The molecule has 0 amide bonds. The second kappa shape index (κ2) is 2.85. The molecule has 0 aliphatic heterocycles. The molecule has 1 heterocycles. The minimum atomic E-state index is -0.692. The monoisotopic (exact) mass is 197 g/mol. The van der Waals surface area contributed by atoms with E-state index in [0.29, 0.717) is 15.9 Å². The van der Waals surface area contributed by atoms with Crippen LogP contribution >= 0.6 is 11.6 Å². The first-order valence-electron chi connectivity index (χ1n) is 3.61. The molecule has 0 saturated carbocycles. The molecule has 0 radical (unpaired) electrons. The first-order chi connectivity index (χ1) is 6.18. The van der Waals surface area contributed by atoms with Gasteiger partial charge < -0.3 is 5.11 Å². The summed E-state index contributed by atoms with van der Waals surface area (Å²) in [6.45, 7) is 0. The minimum Gasteiger partial charge on any atom is -0.505 e. The normalized spacial score (nSPS) is 10.6. The molecule has 0 fully saturated rings. The van der Waals surface area contributed by atoms with Gasteiger partial charge in [-0.1, -0.05) is 11.6 Å². The number of aromatic nitrogens is 1. The van der Waals surface area contributed by atoms with Crippen molar-refractivity contribution in [1.82, 2.24) is 4.98 Å². The molecule has 2 aromatic rings. The van der Waals surface area contributed by atoms with E-state index in [1.807, 2.05) is 0 Å². The van der Waals surface area contributed by atoms with Crippen LogP contribution in [0, 0.1) is 5.82 Å². The molecule has 0 atom stereocenters. The summed E-state index contributed by atoms with van der Waals surface area (Å²) in [5.41, 5.74) is 0.433. The fourth-order valence-electron chi connectivity index (χ4n) is 1.12. The number of halogens is 2. The van der Waals surface area contributed by atoms with Crippen LogP contribution < -0.4 is 0 Å². The van der Waals surface area contributed by atoms with E-state index in [4.69, 9.17) is 16.7 Å². The molecule has 1 aromatic carbocycles. The molecule has 0 aliphatic rings. The summed E-state index contributed by atoms with van der Waals surface area (Å²) in [5.74, 6) is -1.11. The van der Waals surface area contributed by atoms with Gasteiger partial charge >= 0.3 is 0 Å². The quantitative estimate of drug-likeness (QED) is 0.705. The van der Waals surface area contributed by atoms with E-state index in [9.17, 15) is 4.39 Å². The number of rotatable bonds is 0. The standard InChI is InChI=1S/C9H5ClFNO/c10-6-1-2-12-8-4-7(11)9(13)3-5(6)8/h1-4,13H. The van der Waals surface area contributed by atoms with E-state index in [1.54, 1.807) is 6.07 Å². The molecule has 4 heteroatoms. The third kappa shape index (κ3) is 1.31. The number of benzene rings is 1. The van der Waals surface area contributed by atoms with E-state index in [0.717, 1.165) is 6.07 Å². The Morgan fingerprint density at radius 1 is 1.38 bits per heavy atom. The van der Waals surface area contributed by atoms with E-state index in [2.05, 4.69) is 4.98 Å². The van der Waals surface area contributed by atoms with E-state index < -0.39 is 11.6 Å². The molecule has 0 spiro atoms. The summed E-state index contributed by atoms with van der Waals surface area (Å²) in [6, 6.07) is 4.00. The SMILES string of the molecule is Oc1cc2c(Cl)ccnc2cc1F. The summed E-state index contributed by atoms with van der Waals surface area (Å²) >= 11 is 5.81. The molecule has 0 bridgehead atoms. The van der Waals surface area contributed by atoms with Gasteiger partial charge in [0, 0.05) is 17.6 Å². The smallest absolute Gasteiger partial charge is 0.166 e. The van der Waals surface area contributed by atoms with Crippen LogP contribution in [-0.2, 0) is 0 Å². The highest BCUT2D eigenvalue weighted by Crippen LogP contribution is 2.27. The Bertz CT molecular complexity index is 472. The molecular formula is C9H5ClFNO. The van der Waals surface area contributed by atoms with Crippen LogP contribution in [0.4, 0.5) is 4.39 Å². The zero-order chi connectivity index (χ0) is 9.42. The number of phenolic OH excluding ortho intramolecular Hbond substituents is 1. The lowest BCUT2D eigenvalue weighted by Gasteiger charge is -2.00. The van der Waals surface area contributed by atoms with Crippen molar-refractivity contribution in [2.75, 3.05) is 0 Å². The minimum absolute atomic E-state index is 0.414. The highest BCUT2D eigenvalue weighted by atomic mass is 35.5. The second-order valence-electron chi connectivity index (χ2n) is 2.61. The van der Waals surface area contributed by atoms with Crippen LogP contribution in [-0.4, -0.2) is 10.1 Å². The Kier molecular flexibility index (Phi) is 1.81. The Labute approximate surface area is 78.6 Å². The molecule has 0 unspecified atom stereocenters. The van der Waals surface area contributed by atoms with Crippen LogP contribution in [0.2, 0.25) is 5.02 Å². The van der Waals surface area contributed by atoms with Gasteiger partial charge in [0.15, 0.2) is 11.6 Å². The molecule has 2 nitrogen and oxygen atoms in total. The first-order valence-corrected chi connectivity index (χ1v) is 3.99. The zero-order valence-electron chi connectivity index (χ0n) is 6.46. The van der Waals surface area contributed by atoms with Gasteiger partial charge in [0.2, 0.25) is 0 Å². The Morgan fingerprint density at radius 3 is 2.92 bits per heavy atom. The van der Waals surface area contributed by atoms with Gasteiger partial charge in [0.05, 0.1) is 10.5 Å². The van der Waals surface area contributed by atoms with Gasteiger partial charge in [-0.3, -0.25) is 4.98 Å². The van der Waals surface area contributed by atoms with Gasteiger partial charge in [-0.25, -0.2) is 4.39 Å². The lowest BCUT2D eigenvalue weighted by Crippen LogP contribution is -1.82. The third-order valence-electron chi connectivity index (χ3n) is 1.76. The molecule has 1 aromatic heterocycles. The maximum absolute atomic E-state index is 12.8. The van der Waals surface area contributed by atoms with Crippen LogP contribution in [0.1, 0.15) is 0 Å². The molecule has 1 N–H and O–H groups in total. The second-order valence-corrected chi connectivity index (χ2v) is 3.02. The van der Waals surface area contributed by atoms with Crippen molar-refractivity contribution in [1.29, 1.82) is 0 Å². The molecular weight excluding hydrogens is 193 g/mol. The number of hydrogen-bond acceptors (Lipinski definition) is 2.